The lowest BCUT2D eigenvalue weighted by Crippen LogP contribution is -2.24. The van der Waals surface area contributed by atoms with Crippen LogP contribution in [-0.4, -0.2) is 26.0 Å². The molecule has 3 aromatic carbocycles. The summed E-state index contributed by atoms with van der Waals surface area (Å²) in [5, 5.41) is 5.41. The minimum atomic E-state index is -3.70. The molecule has 0 radical (unpaired) electrons. The van der Waals surface area contributed by atoms with Gasteiger partial charge in [0.2, 0.25) is 5.91 Å². The van der Waals surface area contributed by atoms with Crippen LogP contribution in [0.2, 0.25) is 0 Å². The number of rotatable bonds is 8. The van der Waals surface area contributed by atoms with Crippen molar-refractivity contribution in [2.45, 2.75) is 19.2 Å². The van der Waals surface area contributed by atoms with Gasteiger partial charge in [-0.2, -0.15) is 0 Å². The highest BCUT2D eigenvalue weighted by molar-refractivity contribution is 7.91. The van der Waals surface area contributed by atoms with E-state index in [9.17, 15) is 18.0 Å². The lowest BCUT2D eigenvalue weighted by atomic mass is 10.1. The molecule has 0 aliphatic heterocycles. The highest BCUT2D eigenvalue weighted by atomic mass is 32.2. The molecule has 0 fully saturated rings. The van der Waals surface area contributed by atoms with Gasteiger partial charge in [-0.25, -0.2) is 8.42 Å². The maximum Gasteiger partial charge on any atom is 0.251 e. The molecular formula is C24H24N2O4S. The minimum Gasteiger partial charge on any atom is -0.348 e. The standard InChI is InChI=1S/C24H24N2O4S/c1-18-10-12-22(13-11-18)26-23(27)17-31(29,30)16-20-8-5-9-21(14-20)24(28)25-15-19-6-3-2-4-7-19/h2-14H,15-17H2,1H3,(H,25,28)(H,26,27). The third-order valence-corrected chi connectivity index (χ3v) is 6.03. The van der Waals surface area contributed by atoms with Crippen LogP contribution in [0.15, 0.2) is 78.9 Å². The molecule has 0 saturated heterocycles. The zero-order valence-corrected chi connectivity index (χ0v) is 18.0. The summed E-state index contributed by atoms with van der Waals surface area (Å²) in [7, 11) is -3.70. The Hall–Kier alpha value is -3.45. The van der Waals surface area contributed by atoms with E-state index in [1.54, 1.807) is 30.3 Å². The first kappa shape index (κ1) is 22.2. The molecule has 0 spiro atoms. The van der Waals surface area contributed by atoms with Crippen molar-refractivity contribution in [1.29, 1.82) is 0 Å². The molecular weight excluding hydrogens is 412 g/mol. The number of carbonyl (C=O) groups is 2. The molecule has 0 aliphatic carbocycles. The second-order valence-corrected chi connectivity index (χ2v) is 9.38. The van der Waals surface area contributed by atoms with Crippen molar-refractivity contribution in [3.05, 3.63) is 101 Å². The number of carbonyl (C=O) groups excluding carboxylic acids is 2. The number of anilines is 1. The van der Waals surface area contributed by atoms with Crippen LogP contribution in [-0.2, 0) is 26.9 Å². The van der Waals surface area contributed by atoms with Gasteiger partial charge in [-0.1, -0.05) is 60.2 Å². The van der Waals surface area contributed by atoms with Crippen LogP contribution in [0.4, 0.5) is 5.69 Å². The van der Waals surface area contributed by atoms with E-state index in [0.717, 1.165) is 11.1 Å². The minimum absolute atomic E-state index is 0.291. The van der Waals surface area contributed by atoms with Gasteiger partial charge in [0.25, 0.3) is 5.91 Å². The Kier molecular flexibility index (Phi) is 7.20. The van der Waals surface area contributed by atoms with E-state index in [2.05, 4.69) is 10.6 Å². The summed E-state index contributed by atoms with van der Waals surface area (Å²) in [5.41, 5.74) is 3.37. The molecule has 3 aromatic rings. The van der Waals surface area contributed by atoms with Crippen molar-refractivity contribution in [2.75, 3.05) is 11.1 Å². The first-order valence-electron chi connectivity index (χ1n) is 9.79. The highest BCUT2D eigenvalue weighted by Gasteiger charge is 2.18. The maximum absolute atomic E-state index is 12.5. The zero-order valence-electron chi connectivity index (χ0n) is 17.2. The molecule has 0 aromatic heterocycles. The molecule has 6 nitrogen and oxygen atoms in total. The van der Waals surface area contributed by atoms with Gasteiger partial charge in [0.05, 0.1) is 5.75 Å². The van der Waals surface area contributed by atoms with Crippen molar-refractivity contribution in [3.8, 4) is 0 Å². The molecule has 31 heavy (non-hydrogen) atoms. The smallest absolute Gasteiger partial charge is 0.251 e. The third-order valence-electron chi connectivity index (χ3n) is 4.56. The van der Waals surface area contributed by atoms with Crippen LogP contribution >= 0.6 is 0 Å². The van der Waals surface area contributed by atoms with Crippen molar-refractivity contribution >= 4 is 27.3 Å². The van der Waals surface area contributed by atoms with Crippen LogP contribution in [0.5, 0.6) is 0 Å². The molecule has 2 amide bonds. The summed E-state index contributed by atoms with van der Waals surface area (Å²) in [6.45, 7) is 2.30. The molecule has 3 rings (SSSR count). The number of amides is 2. The van der Waals surface area contributed by atoms with Gasteiger partial charge in [-0.15, -0.1) is 0 Å². The van der Waals surface area contributed by atoms with E-state index >= 15 is 0 Å². The van der Waals surface area contributed by atoms with Gasteiger partial charge in [0.15, 0.2) is 9.84 Å². The second-order valence-electron chi connectivity index (χ2n) is 7.32. The van der Waals surface area contributed by atoms with Crippen LogP contribution in [0.3, 0.4) is 0 Å². The average Bonchev–Trinajstić information content (AvgIpc) is 2.74. The Labute approximate surface area is 182 Å². The summed E-state index contributed by atoms with van der Waals surface area (Å²) in [4.78, 5) is 24.6. The maximum atomic E-state index is 12.5. The predicted molar refractivity (Wildman–Crippen MR) is 121 cm³/mol. The summed E-state index contributed by atoms with van der Waals surface area (Å²) in [6, 6.07) is 23.0. The Bertz CT molecular complexity index is 1160. The van der Waals surface area contributed by atoms with Crippen LogP contribution in [0.1, 0.15) is 27.0 Å². The molecule has 0 heterocycles. The van der Waals surface area contributed by atoms with Gasteiger partial charge < -0.3 is 10.6 Å². The fraction of sp³-hybridized carbons (Fsp3) is 0.167. The Balaban J connectivity index is 1.58. The largest absolute Gasteiger partial charge is 0.348 e. The van der Waals surface area contributed by atoms with E-state index in [-0.39, 0.29) is 11.7 Å². The number of aryl methyl sites for hydroxylation is 1. The van der Waals surface area contributed by atoms with Gasteiger partial charge in [-0.05, 0) is 42.3 Å². The summed E-state index contributed by atoms with van der Waals surface area (Å²) in [6.07, 6.45) is 0. The van der Waals surface area contributed by atoms with E-state index < -0.39 is 21.5 Å². The van der Waals surface area contributed by atoms with Crippen molar-refractivity contribution in [1.82, 2.24) is 5.32 Å². The monoisotopic (exact) mass is 436 g/mol. The number of sulfone groups is 1. The Morgan fingerprint density at radius 3 is 2.23 bits per heavy atom. The lowest BCUT2D eigenvalue weighted by Gasteiger charge is -2.09. The number of nitrogens with one attached hydrogen (secondary N) is 2. The van der Waals surface area contributed by atoms with Crippen LogP contribution < -0.4 is 10.6 Å². The molecule has 7 heteroatoms. The Morgan fingerprint density at radius 1 is 0.839 bits per heavy atom. The van der Waals surface area contributed by atoms with Gasteiger partial charge in [0, 0.05) is 17.8 Å². The van der Waals surface area contributed by atoms with Gasteiger partial charge in [0.1, 0.15) is 5.75 Å². The highest BCUT2D eigenvalue weighted by Crippen LogP contribution is 2.12. The van der Waals surface area contributed by atoms with Crippen molar-refractivity contribution < 1.29 is 18.0 Å². The molecule has 2 N–H and O–H groups in total. The second kappa shape index (κ2) is 10.0. The quantitative estimate of drug-likeness (QED) is 0.565. The summed E-state index contributed by atoms with van der Waals surface area (Å²) >= 11 is 0. The fourth-order valence-electron chi connectivity index (χ4n) is 3.02. The fourth-order valence-corrected chi connectivity index (χ4v) is 4.28. The number of hydrogen-bond donors (Lipinski definition) is 2. The zero-order chi connectivity index (χ0) is 22.3. The van der Waals surface area contributed by atoms with E-state index in [4.69, 9.17) is 0 Å². The normalized spacial score (nSPS) is 11.0. The van der Waals surface area contributed by atoms with E-state index in [1.165, 1.54) is 6.07 Å². The molecule has 0 atom stereocenters. The first-order chi connectivity index (χ1) is 14.8. The molecule has 160 valence electrons. The van der Waals surface area contributed by atoms with E-state index in [1.807, 2.05) is 49.4 Å². The van der Waals surface area contributed by atoms with Crippen molar-refractivity contribution in [3.63, 3.8) is 0 Å². The summed E-state index contributed by atoms with van der Waals surface area (Å²) < 4.78 is 25.0. The SMILES string of the molecule is Cc1ccc(NC(=O)CS(=O)(=O)Cc2cccc(C(=O)NCc3ccccc3)c2)cc1. The Morgan fingerprint density at radius 2 is 1.52 bits per heavy atom. The van der Waals surface area contributed by atoms with Crippen molar-refractivity contribution in [2.24, 2.45) is 0 Å². The first-order valence-corrected chi connectivity index (χ1v) is 11.6. The van der Waals surface area contributed by atoms with Gasteiger partial charge >= 0.3 is 0 Å². The molecule has 0 aliphatic rings. The van der Waals surface area contributed by atoms with Crippen LogP contribution in [0, 0.1) is 6.92 Å². The number of hydrogen-bond acceptors (Lipinski definition) is 4. The average molecular weight is 437 g/mol. The molecule has 0 bridgehead atoms. The molecule has 0 saturated carbocycles. The predicted octanol–water partition coefficient (Wildman–Crippen LogP) is 3.48. The molecule has 0 unspecified atom stereocenters. The van der Waals surface area contributed by atoms with Gasteiger partial charge in [-0.3, -0.25) is 9.59 Å². The van der Waals surface area contributed by atoms with Crippen LogP contribution in [0.25, 0.3) is 0 Å². The number of benzene rings is 3. The summed E-state index contributed by atoms with van der Waals surface area (Å²) in [5.74, 6) is -1.85. The topological polar surface area (TPSA) is 92.3 Å². The van der Waals surface area contributed by atoms with E-state index in [0.29, 0.717) is 23.4 Å². The lowest BCUT2D eigenvalue weighted by molar-refractivity contribution is -0.113. The third kappa shape index (κ3) is 7.08.